The maximum atomic E-state index is 11.9. The van der Waals surface area contributed by atoms with Crippen molar-refractivity contribution in [1.29, 1.82) is 0 Å². The van der Waals surface area contributed by atoms with Crippen molar-refractivity contribution in [2.75, 3.05) is 0 Å². The van der Waals surface area contributed by atoms with Crippen molar-refractivity contribution < 1.29 is 4.79 Å². The van der Waals surface area contributed by atoms with Crippen molar-refractivity contribution in [3.05, 3.63) is 48.5 Å². The first-order chi connectivity index (χ1) is 8.25. The Balaban J connectivity index is 2.05. The molecule has 0 N–H and O–H groups in total. The molecule has 0 unspecified atom stereocenters. The molecule has 1 heterocycles. The molecule has 0 saturated carbocycles. The fraction of sp³-hybridized carbons (Fsp3) is 0.167. The molecular formula is C12H12N4O. The van der Waals surface area contributed by atoms with Gasteiger partial charge in [-0.25, -0.2) is 4.68 Å². The van der Waals surface area contributed by atoms with E-state index in [2.05, 4.69) is 15.3 Å². The molecule has 0 atom stereocenters. The zero-order valence-electron chi connectivity index (χ0n) is 9.45. The molecule has 2 aromatic rings. The zero-order chi connectivity index (χ0) is 12.1. The number of rotatable bonds is 4. The molecule has 2 rings (SSSR count). The molecule has 0 aliphatic carbocycles. The molecule has 17 heavy (non-hydrogen) atoms. The second-order valence-electron chi connectivity index (χ2n) is 3.64. The lowest BCUT2D eigenvalue weighted by Crippen LogP contribution is -2.06. The normalized spacial score (nSPS) is 11.5. The number of ketones is 1. The summed E-state index contributed by atoms with van der Waals surface area (Å²) < 4.78 is 1.48. The second-order valence-corrected chi connectivity index (χ2v) is 3.64. The van der Waals surface area contributed by atoms with Crippen LogP contribution in [0.1, 0.15) is 23.7 Å². The van der Waals surface area contributed by atoms with E-state index in [-0.39, 0.29) is 5.78 Å². The highest BCUT2D eigenvalue weighted by Crippen LogP contribution is 2.04. The Bertz CT molecular complexity index is 517. The molecule has 0 radical (unpaired) electrons. The Hall–Kier alpha value is -2.30. The molecule has 0 saturated heterocycles. The monoisotopic (exact) mass is 228 g/mol. The largest absolute Gasteiger partial charge is 0.294 e. The highest BCUT2D eigenvalue weighted by Gasteiger charge is 2.06. The lowest BCUT2D eigenvalue weighted by atomic mass is 10.1. The lowest BCUT2D eigenvalue weighted by molar-refractivity contribution is 0.100. The van der Waals surface area contributed by atoms with E-state index in [1.807, 2.05) is 18.2 Å². The first-order valence-corrected chi connectivity index (χ1v) is 5.23. The highest BCUT2D eigenvalue weighted by molar-refractivity contribution is 6.08. The van der Waals surface area contributed by atoms with Gasteiger partial charge in [0.05, 0.1) is 6.42 Å². The van der Waals surface area contributed by atoms with Gasteiger partial charge in [0, 0.05) is 11.3 Å². The van der Waals surface area contributed by atoms with Crippen LogP contribution in [0, 0.1) is 0 Å². The van der Waals surface area contributed by atoms with Gasteiger partial charge in [0.1, 0.15) is 12.7 Å². The van der Waals surface area contributed by atoms with E-state index in [4.69, 9.17) is 0 Å². The fourth-order valence-corrected chi connectivity index (χ4v) is 1.44. The summed E-state index contributed by atoms with van der Waals surface area (Å²) >= 11 is 0. The van der Waals surface area contributed by atoms with Gasteiger partial charge in [0.15, 0.2) is 5.78 Å². The predicted octanol–water partition coefficient (Wildman–Crippen LogP) is 1.78. The Morgan fingerprint density at radius 3 is 2.53 bits per heavy atom. The second kappa shape index (κ2) is 5.16. The maximum Gasteiger partial charge on any atom is 0.168 e. The summed E-state index contributed by atoms with van der Waals surface area (Å²) in [6.07, 6.45) is 3.26. The van der Waals surface area contributed by atoms with E-state index in [0.717, 1.165) is 5.71 Å². The molecule has 0 aliphatic rings. The van der Waals surface area contributed by atoms with Crippen molar-refractivity contribution in [3.8, 4) is 0 Å². The van der Waals surface area contributed by atoms with Gasteiger partial charge in [0.2, 0.25) is 0 Å². The summed E-state index contributed by atoms with van der Waals surface area (Å²) in [5, 5.41) is 11.4. The van der Waals surface area contributed by atoms with Crippen molar-refractivity contribution in [2.24, 2.45) is 5.10 Å². The minimum atomic E-state index is 0.0555. The average Bonchev–Trinajstić information content (AvgIpc) is 2.82. The van der Waals surface area contributed by atoms with Crippen LogP contribution in [0.15, 0.2) is 48.1 Å². The van der Waals surface area contributed by atoms with Crippen LogP contribution in [-0.2, 0) is 0 Å². The Kier molecular flexibility index (Phi) is 3.40. The molecule has 86 valence electrons. The first kappa shape index (κ1) is 11.2. The quantitative estimate of drug-likeness (QED) is 0.592. The first-order valence-electron chi connectivity index (χ1n) is 5.23. The number of hydrogen-bond donors (Lipinski definition) is 0. The smallest absolute Gasteiger partial charge is 0.168 e. The van der Waals surface area contributed by atoms with E-state index < -0.39 is 0 Å². The molecule has 5 nitrogen and oxygen atoms in total. The van der Waals surface area contributed by atoms with E-state index >= 15 is 0 Å². The van der Waals surface area contributed by atoms with Crippen LogP contribution in [0.4, 0.5) is 0 Å². The highest BCUT2D eigenvalue weighted by atomic mass is 16.1. The summed E-state index contributed by atoms with van der Waals surface area (Å²) in [5.74, 6) is 0.0555. The third-order valence-corrected chi connectivity index (χ3v) is 2.20. The Morgan fingerprint density at radius 1 is 1.24 bits per heavy atom. The van der Waals surface area contributed by atoms with Crippen LogP contribution < -0.4 is 0 Å². The molecule has 0 bridgehead atoms. The van der Waals surface area contributed by atoms with Crippen LogP contribution in [-0.4, -0.2) is 26.4 Å². The van der Waals surface area contributed by atoms with Crippen molar-refractivity contribution in [2.45, 2.75) is 13.3 Å². The molecule has 0 amide bonds. The van der Waals surface area contributed by atoms with Crippen molar-refractivity contribution in [3.63, 3.8) is 0 Å². The number of hydrogen-bond acceptors (Lipinski definition) is 4. The van der Waals surface area contributed by atoms with E-state index in [1.165, 1.54) is 17.3 Å². The fourth-order valence-electron chi connectivity index (χ4n) is 1.44. The molecular weight excluding hydrogens is 216 g/mol. The van der Waals surface area contributed by atoms with Gasteiger partial charge < -0.3 is 0 Å². The van der Waals surface area contributed by atoms with Crippen LogP contribution in [0.2, 0.25) is 0 Å². The Labute approximate surface area is 98.8 Å². The van der Waals surface area contributed by atoms with Gasteiger partial charge in [-0.2, -0.15) is 5.10 Å². The predicted molar refractivity (Wildman–Crippen MR) is 63.9 cm³/mol. The minimum Gasteiger partial charge on any atom is -0.294 e. The van der Waals surface area contributed by atoms with Gasteiger partial charge in [-0.3, -0.25) is 4.79 Å². The number of carbonyl (C=O) groups is 1. The zero-order valence-corrected chi connectivity index (χ0v) is 9.45. The van der Waals surface area contributed by atoms with E-state index in [9.17, 15) is 4.79 Å². The Morgan fingerprint density at radius 2 is 1.88 bits per heavy atom. The standard InChI is InChI=1S/C12H12N4O/c1-10(15-16-8-13-14-9-16)7-12(17)11-5-3-2-4-6-11/h2-6,8-9H,7H2,1H3/b15-10-. The van der Waals surface area contributed by atoms with Gasteiger partial charge >= 0.3 is 0 Å². The van der Waals surface area contributed by atoms with E-state index in [1.54, 1.807) is 19.1 Å². The molecule has 5 heteroatoms. The number of nitrogens with zero attached hydrogens (tertiary/aromatic N) is 4. The minimum absolute atomic E-state index is 0.0555. The average molecular weight is 228 g/mol. The van der Waals surface area contributed by atoms with Crippen LogP contribution >= 0.6 is 0 Å². The number of Topliss-reactive ketones (excluding diaryl/α,β-unsaturated/α-hetero) is 1. The van der Waals surface area contributed by atoms with Gasteiger partial charge in [0.25, 0.3) is 0 Å². The summed E-state index contributed by atoms with van der Waals surface area (Å²) in [6, 6.07) is 9.18. The molecule has 1 aromatic heterocycles. The molecule has 0 aliphatic heterocycles. The summed E-state index contributed by atoms with van der Waals surface area (Å²) in [7, 11) is 0. The summed E-state index contributed by atoms with van der Waals surface area (Å²) in [5.41, 5.74) is 1.42. The molecule has 0 spiro atoms. The number of aromatic nitrogens is 3. The molecule has 0 fully saturated rings. The van der Waals surface area contributed by atoms with Crippen LogP contribution in [0.25, 0.3) is 0 Å². The SMILES string of the molecule is C/C(CC(=O)c1ccccc1)=N/n1cnnc1. The third-order valence-electron chi connectivity index (χ3n) is 2.20. The van der Waals surface area contributed by atoms with E-state index in [0.29, 0.717) is 12.0 Å². The van der Waals surface area contributed by atoms with Gasteiger partial charge in [-0.1, -0.05) is 30.3 Å². The lowest BCUT2D eigenvalue weighted by Gasteiger charge is -2.00. The summed E-state index contributed by atoms with van der Waals surface area (Å²) in [6.45, 7) is 1.81. The van der Waals surface area contributed by atoms with Crippen molar-refractivity contribution >= 4 is 11.5 Å². The third kappa shape index (κ3) is 3.07. The number of benzene rings is 1. The number of carbonyl (C=O) groups excluding carboxylic acids is 1. The topological polar surface area (TPSA) is 60.1 Å². The molecule has 1 aromatic carbocycles. The van der Waals surface area contributed by atoms with Crippen molar-refractivity contribution in [1.82, 2.24) is 14.9 Å². The summed E-state index contributed by atoms with van der Waals surface area (Å²) in [4.78, 5) is 11.9. The maximum absolute atomic E-state index is 11.9. The van der Waals surface area contributed by atoms with Gasteiger partial charge in [-0.05, 0) is 6.92 Å². The van der Waals surface area contributed by atoms with Gasteiger partial charge in [-0.15, -0.1) is 10.2 Å². The van der Waals surface area contributed by atoms with Crippen LogP contribution in [0.3, 0.4) is 0 Å². The van der Waals surface area contributed by atoms with Crippen LogP contribution in [0.5, 0.6) is 0 Å².